The van der Waals surface area contributed by atoms with Crippen LogP contribution in [0.25, 0.3) is 0 Å². The number of terminal acetylenes is 2. The average molecular weight is 753 g/mol. The lowest BCUT2D eigenvalue weighted by atomic mass is 9.85. The molecule has 11 heteroatoms. The minimum Gasteiger partial charge on any atom is -0.464 e. The normalized spacial score (nSPS) is 19.4. The van der Waals surface area contributed by atoms with E-state index in [1.54, 1.807) is 27.7 Å². The van der Waals surface area contributed by atoms with E-state index >= 15 is 0 Å². The molecular formula is C43H60O11. The number of hydrogen-bond donors (Lipinski definition) is 3. The lowest BCUT2D eigenvalue weighted by molar-refractivity contribution is -0.184. The third-order valence-electron chi connectivity index (χ3n) is 9.93. The quantitative estimate of drug-likeness (QED) is 0.0324. The van der Waals surface area contributed by atoms with Crippen LogP contribution in [0.2, 0.25) is 0 Å². The van der Waals surface area contributed by atoms with E-state index in [4.69, 9.17) is 31.8 Å². The third-order valence-corrected chi connectivity index (χ3v) is 9.93. The number of allylic oxidation sites excluding steroid dienone is 2. The van der Waals surface area contributed by atoms with Gasteiger partial charge >= 0.3 is 23.9 Å². The highest BCUT2D eigenvalue weighted by atomic mass is 16.7. The van der Waals surface area contributed by atoms with Crippen molar-refractivity contribution in [2.75, 3.05) is 20.0 Å². The molecule has 0 unspecified atom stereocenters. The van der Waals surface area contributed by atoms with E-state index in [1.807, 2.05) is 42.5 Å². The van der Waals surface area contributed by atoms with Crippen molar-refractivity contribution in [1.29, 1.82) is 0 Å². The van der Waals surface area contributed by atoms with Crippen LogP contribution in [0.5, 0.6) is 0 Å². The van der Waals surface area contributed by atoms with Crippen LogP contribution >= 0.6 is 0 Å². The summed E-state index contributed by atoms with van der Waals surface area (Å²) in [4.78, 5) is 50.9. The Bertz CT molecular complexity index is 1420. The topological polar surface area (TPSA) is 166 Å². The standard InChI is InChI=1S/C43H60O11/c1-8-25-41(3,4)38(48)51-28-43(7,29-52-39(49)42(5,6)26-9-2)40(50)54-30-53-37(47)20-16-11-10-15-19-33-34(36(46)27-35(33)45)24-23-32(44)22-21-31-17-13-12-14-18-31/h1-2,10,12-15,17-18,32-36,44-46H,11,16,19-30H2,3-7H3/b15-10-/t32-,33+,34+,35-,36+/m0/s1. The van der Waals surface area contributed by atoms with Crippen molar-refractivity contribution in [3.63, 3.8) is 0 Å². The molecular weight excluding hydrogens is 692 g/mol. The molecule has 0 radical (unpaired) electrons. The molecule has 3 N–H and O–H groups in total. The molecule has 0 aromatic heterocycles. The van der Waals surface area contributed by atoms with Crippen LogP contribution in [-0.4, -0.2) is 77.5 Å². The summed E-state index contributed by atoms with van der Waals surface area (Å²) in [6.07, 6.45) is 17.6. The number of aryl methyl sites for hydroxylation is 1. The smallest absolute Gasteiger partial charge is 0.321 e. The van der Waals surface area contributed by atoms with E-state index in [1.165, 1.54) is 12.5 Å². The summed E-state index contributed by atoms with van der Waals surface area (Å²) in [6.45, 7) is 6.14. The third kappa shape index (κ3) is 15.3. The zero-order valence-electron chi connectivity index (χ0n) is 32.6. The van der Waals surface area contributed by atoms with Crippen LogP contribution in [-0.2, 0) is 44.5 Å². The van der Waals surface area contributed by atoms with Gasteiger partial charge in [-0.05, 0) is 103 Å². The molecule has 1 fully saturated rings. The van der Waals surface area contributed by atoms with Crippen molar-refractivity contribution in [2.24, 2.45) is 28.1 Å². The fraction of sp³-hybridized carbons (Fsp3) is 0.628. The molecule has 1 aliphatic carbocycles. The van der Waals surface area contributed by atoms with Gasteiger partial charge in [0.1, 0.15) is 18.6 Å². The molecule has 11 nitrogen and oxygen atoms in total. The molecule has 54 heavy (non-hydrogen) atoms. The number of ether oxygens (including phenoxy) is 4. The van der Waals surface area contributed by atoms with Gasteiger partial charge in [-0.2, -0.15) is 0 Å². The van der Waals surface area contributed by atoms with Crippen LogP contribution < -0.4 is 0 Å². The summed E-state index contributed by atoms with van der Waals surface area (Å²) in [7, 11) is 0. The van der Waals surface area contributed by atoms with Crippen LogP contribution in [0.3, 0.4) is 0 Å². The zero-order valence-corrected chi connectivity index (χ0v) is 32.6. The largest absolute Gasteiger partial charge is 0.464 e. The maximum atomic E-state index is 13.2. The molecule has 5 atom stereocenters. The van der Waals surface area contributed by atoms with Gasteiger partial charge in [-0.3, -0.25) is 19.2 Å². The highest BCUT2D eigenvalue weighted by Crippen LogP contribution is 2.38. The van der Waals surface area contributed by atoms with Crippen molar-refractivity contribution >= 4 is 23.9 Å². The van der Waals surface area contributed by atoms with Crippen LogP contribution in [0.15, 0.2) is 42.5 Å². The molecule has 0 bridgehead atoms. The molecule has 0 amide bonds. The average Bonchev–Trinajstić information content (AvgIpc) is 3.39. The highest BCUT2D eigenvalue weighted by Gasteiger charge is 2.42. The van der Waals surface area contributed by atoms with Gasteiger partial charge in [-0.15, -0.1) is 24.7 Å². The number of rotatable bonds is 23. The van der Waals surface area contributed by atoms with E-state index in [2.05, 4.69) is 11.8 Å². The number of carbonyl (C=O) groups is 4. The fourth-order valence-corrected chi connectivity index (χ4v) is 6.20. The molecule has 0 saturated heterocycles. The van der Waals surface area contributed by atoms with E-state index in [0.717, 1.165) is 6.42 Å². The molecule has 0 heterocycles. The number of hydrogen-bond acceptors (Lipinski definition) is 11. The highest BCUT2D eigenvalue weighted by molar-refractivity contribution is 5.81. The Kier molecular flexibility index (Phi) is 19.0. The number of benzene rings is 1. The van der Waals surface area contributed by atoms with Crippen LogP contribution in [0.4, 0.5) is 0 Å². The maximum absolute atomic E-state index is 13.2. The Morgan fingerprint density at radius 1 is 0.815 bits per heavy atom. The van der Waals surface area contributed by atoms with Gasteiger partial charge in [0, 0.05) is 19.3 Å². The predicted molar refractivity (Wildman–Crippen MR) is 203 cm³/mol. The van der Waals surface area contributed by atoms with E-state index in [0.29, 0.717) is 44.9 Å². The summed E-state index contributed by atoms with van der Waals surface area (Å²) in [5.41, 5.74) is -2.51. The zero-order chi connectivity index (χ0) is 40.4. The molecule has 0 spiro atoms. The minimum atomic E-state index is -1.63. The molecule has 0 aliphatic heterocycles. The molecule has 1 aliphatic rings. The Morgan fingerprint density at radius 3 is 1.96 bits per heavy atom. The minimum absolute atomic E-state index is 0.0527. The number of carbonyl (C=O) groups excluding carboxylic acids is 4. The lowest BCUT2D eigenvalue weighted by Crippen LogP contribution is -2.43. The predicted octanol–water partition coefficient (Wildman–Crippen LogP) is 5.47. The van der Waals surface area contributed by atoms with Crippen molar-refractivity contribution in [3.05, 3.63) is 48.0 Å². The first-order valence-electron chi connectivity index (χ1n) is 18.7. The second kappa shape index (κ2) is 22.3. The Morgan fingerprint density at radius 2 is 1.39 bits per heavy atom. The Balaban J connectivity index is 1.81. The van der Waals surface area contributed by atoms with Gasteiger partial charge in [-0.25, -0.2) is 0 Å². The van der Waals surface area contributed by atoms with Crippen molar-refractivity contribution in [3.8, 4) is 24.7 Å². The van der Waals surface area contributed by atoms with Gasteiger partial charge in [0.25, 0.3) is 0 Å². The number of aliphatic hydroxyl groups is 3. The summed E-state index contributed by atoms with van der Waals surface area (Å²) in [6, 6.07) is 9.98. The van der Waals surface area contributed by atoms with Gasteiger partial charge < -0.3 is 34.3 Å². The summed E-state index contributed by atoms with van der Waals surface area (Å²) in [5.74, 6) is 1.78. The monoisotopic (exact) mass is 752 g/mol. The van der Waals surface area contributed by atoms with Crippen LogP contribution in [0.1, 0.15) is 104 Å². The van der Waals surface area contributed by atoms with Crippen LogP contribution in [0, 0.1) is 52.8 Å². The van der Waals surface area contributed by atoms with Crippen molar-refractivity contribution in [2.45, 2.75) is 124 Å². The van der Waals surface area contributed by atoms with E-state index < -0.39 is 78.4 Å². The first-order valence-corrected chi connectivity index (χ1v) is 18.7. The number of esters is 4. The first-order chi connectivity index (χ1) is 25.5. The van der Waals surface area contributed by atoms with E-state index in [9.17, 15) is 34.5 Å². The number of unbranched alkanes of at least 4 members (excludes halogenated alkanes) is 1. The fourth-order valence-electron chi connectivity index (χ4n) is 6.20. The van der Waals surface area contributed by atoms with Gasteiger partial charge in [-0.1, -0.05) is 42.5 Å². The molecule has 1 aromatic carbocycles. The molecule has 1 saturated carbocycles. The molecule has 2 rings (SSSR count). The van der Waals surface area contributed by atoms with Gasteiger partial charge in [0.05, 0.1) is 29.1 Å². The Hall–Kier alpha value is -4.16. The second-order valence-electron chi connectivity index (χ2n) is 15.9. The Labute approximate surface area is 321 Å². The first kappa shape index (κ1) is 46.0. The second-order valence-corrected chi connectivity index (χ2v) is 15.9. The van der Waals surface area contributed by atoms with Gasteiger partial charge in [0.15, 0.2) is 0 Å². The van der Waals surface area contributed by atoms with E-state index in [-0.39, 0.29) is 31.1 Å². The summed E-state index contributed by atoms with van der Waals surface area (Å²) in [5, 5.41) is 31.7. The lowest BCUT2D eigenvalue weighted by Gasteiger charge is -2.30. The molecule has 1 aromatic rings. The van der Waals surface area contributed by atoms with Gasteiger partial charge in [0.2, 0.25) is 6.79 Å². The van der Waals surface area contributed by atoms with Crippen molar-refractivity contribution in [1.82, 2.24) is 0 Å². The SMILES string of the molecule is C#CCC(C)(C)C(=O)OCC(C)(COC(=O)C(C)(C)CC#C)C(=O)OCOC(=O)CCC/C=C\C[C@@H]1[C@@H](CC[C@@H](O)CCc2ccccc2)[C@H](O)C[C@@H]1O. The summed E-state index contributed by atoms with van der Waals surface area (Å²) < 4.78 is 21.1. The summed E-state index contributed by atoms with van der Waals surface area (Å²) >= 11 is 0. The maximum Gasteiger partial charge on any atom is 0.321 e. The molecule has 298 valence electrons. The number of aliphatic hydroxyl groups excluding tert-OH is 3. The van der Waals surface area contributed by atoms with Crippen molar-refractivity contribution < 1.29 is 53.4 Å².